The van der Waals surface area contributed by atoms with Gasteiger partial charge in [-0.2, -0.15) is 0 Å². The van der Waals surface area contributed by atoms with E-state index < -0.39 is 11.9 Å². The van der Waals surface area contributed by atoms with Crippen LogP contribution in [0.2, 0.25) is 0 Å². The molecule has 2 N–H and O–H groups in total. The number of nitrogens with one attached hydrogen (secondary N) is 1. The van der Waals surface area contributed by atoms with Crippen LogP contribution in [0.4, 0.5) is 0 Å². The van der Waals surface area contributed by atoms with E-state index in [1.54, 1.807) is 6.92 Å². The van der Waals surface area contributed by atoms with E-state index in [1.165, 1.54) is 0 Å². The monoisotopic (exact) mass is 261 g/mol. The first-order valence-electron chi connectivity index (χ1n) is 6.14. The molecule has 1 rings (SSSR count). The molecule has 19 heavy (non-hydrogen) atoms. The van der Waals surface area contributed by atoms with Crippen LogP contribution in [0.3, 0.4) is 0 Å². The summed E-state index contributed by atoms with van der Waals surface area (Å²) in [6, 6.07) is 7.84. The highest BCUT2D eigenvalue weighted by molar-refractivity contribution is 5.93. The lowest BCUT2D eigenvalue weighted by Gasteiger charge is -2.10. The Morgan fingerprint density at radius 3 is 2.42 bits per heavy atom. The summed E-state index contributed by atoms with van der Waals surface area (Å²) in [5, 5.41) is 11.5. The predicted molar refractivity (Wildman–Crippen MR) is 73.6 cm³/mol. The molecule has 0 unspecified atom stereocenters. The number of aliphatic carboxylic acids is 1. The molecule has 0 bridgehead atoms. The summed E-state index contributed by atoms with van der Waals surface area (Å²) >= 11 is 0. The number of hydrogen-bond acceptors (Lipinski definition) is 2. The SMILES string of the molecule is C=C(C[C@H](C)C(=O)O)C(=O)NCc1ccc(C)cc1. The van der Waals surface area contributed by atoms with Crippen molar-refractivity contribution in [1.29, 1.82) is 0 Å². The fraction of sp³-hybridized carbons (Fsp3) is 0.333. The van der Waals surface area contributed by atoms with Gasteiger partial charge in [0.25, 0.3) is 0 Å². The van der Waals surface area contributed by atoms with Gasteiger partial charge in [-0.3, -0.25) is 9.59 Å². The summed E-state index contributed by atoms with van der Waals surface area (Å²) < 4.78 is 0. The fourth-order valence-corrected chi connectivity index (χ4v) is 1.56. The van der Waals surface area contributed by atoms with Crippen LogP contribution in [0.1, 0.15) is 24.5 Å². The van der Waals surface area contributed by atoms with Crippen molar-refractivity contribution in [2.75, 3.05) is 0 Å². The highest BCUT2D eigenvalue weighted by Crippen LogP contribution is 2.10. The van der Waals surface area contributed by atoms with Crippen LogP contribution < -0.4 is 5.32 Å². The van der Waals surface area contributed by atoms with Gasteiger partial charge in [0.1, 0.15) is 0 Å². The number of carboxylic acid groups (broad SMARTS) is 1. The zero-order chi connectivity index (χ0) is 14.4. The standard InChI is InChI=1S/C15H19NO3/c1-10-4-6-13(7-5-10)9-16-14(17)11(2)8-12(3)15(18)19/h4-7,12H,2,8-9H2,1,3H3,(H,16,17)(H,18,19)/t12-/m0/s1. The third kappa shape index (κ3) is 4.95. The molecule has 0 fully saturated rings. The van der Waals surface area contributed by atoms with Crippen molar-refractivity contribution in [1.82, 2.24) is 5.32 Å². The Balaban J connectivity index is 2.44. The number of hydrogen-bond donors (Lipinski definition) is 2. The number of carbonyl (C=O) groups is 2. The minimum atomic E-state index is -0.924. The first-order chi connectivity index (χ1) is 8.90. The van der Waals surface area contributed by atoms with Gasteiger partial charge < -0.3 is 10.4 Å². The van der Waals surface area contributed by atoms with Crippen LogP contribution in [-0.4, -0.2) is 17.0 Å². The summed E-state index contributed by atoms with van der Waals surface area (Å²) in [6.45, 7) is 7.60. The van der Waals surface area contributed by atoms with Gasteiger partial charge in [0.05, 0.1) is 5.92 Å². The van der Waals surface area contributed by atoms with Gasteiger partial charge in [-0.25, -0.2) is 0 Å². The van der Waals surface area contributed by atoms with Crippen LogP contribution in [0.5, 0.6) is 0 Å². The lowest BCUT2D eigenvalue weighted by molar-refractivity contribution is -0.141. The van der Waals surface area contributed by atoms with Crippen molar-refractivity contribution in [3.63, 3.8) is 0 Å². The first-order valence-corrected chi connectivity index (χ1v) is 6.14. The smallest absolute Gasteiger partial charge is 0.306 e. The van der Waals surface area contributed by atoms with Crippen molar-refractivity contribution in [3.05, 3.63) is 47.5 Å². The van der Waals surface area contributed by atoms with E-state index in [0.29, 0.717) is 12.1 Å². The van der Waals surface area contributed by atoms with Gasteiger partial charge in [-0.15, -0.1) is 0 Å². The second-order valence-electron chi connectivity index (χ2n) is 4.72. The molecule has 1 aromatic carbocycles. The second kappa shape index (κ2) is 6.73. The molecular formula is C15H19NO3. The Kier molecular flexibility index (Phi) is 5.30. The number of benzene rings is 1. The molecule has 1 atom stereocenters. The highest BCUT2D eigenvalue weighted by Gasteiger charge is 2.16. The maximum Gasteiger partial charge on any atom is 0.306 e. The number of carboxylic acids is 1. The van der Waals surface area contributed by atoms with E-state index in [4.69, 9.17) is 5.11 Å². The van der Waals surface area contributed by atoms with Crippen LogP contribution >= 0.6 is 0 Å². The molecule has 1 aromatic rings. The van der Waals surface area contributed by atoms with E-state index >= 15 is 0 Å². The zero-order valence-corrected chi connectivity index (χ0v) is 11.3. The van der Waals surface area contributed by atoms with Crippen LogP contribution in [0.15, 0.2) is 36.4 Å². The zero-order valence-electron chi connectivity index (χ0n) is 11.3. The lowest BCUT2D eigenvalue weighted by atomic mass is 10.0. The van der Waals surface area contributed by atoms with Crippen LogP contribution in [-0.2, 0) is 16.1 Å². The maximum atomic E-state index is 11.7. The maximum absolute atomic E-state index is 11.7. The fourth-order valence-electron chi connectivity index (χ4n) is 1.56. The molecule has 1 amide bonds. The van der Waals surface area contributed by atoms with E-state index in [0.717, 1.165) is 11.1 Å². The van der Waals surface area contributed by atoms with E-state index in [9.17, 15) is 9.59 Å². The van der Waals surface area contributed by atoms with Gasteiger partial charge in [-0.05, 0) is 18.9 Å². The van der Waals surface area contributed by atoms with Gasteiger partial charge in [0.2, 0.25) is 5.91 Å². The Hall–Kier alpha value is -2.10. The summed E-state index contributed by atoms with van der Waals surface area (Å²) in [5.41, 5.74) is 2.45. The van der Waals surface area contributed by atoms with Crippen LogP contribution in [0.25, 0.3) is 0 Å². The number of carbonyl (C=O) groups excluding carboxylic acids is 1. The number of amides is 1. The summed E-state index contributed by atoms with van der Waals surface area (Å²) in [7, 11) is 0. The first kappa shape index (κ1) is 15.0. The van der Waals surface area contributed by atoms with E-state index in [1.807, 2.05) is 31.2 Å². The molecular weight excluding hydrogens is 242 g/mol. The molecule has 0 saturated carbocycles. The summed E-state index contributed by atoms with van der Waals surface area (Å²) in [5.74, 6) is -1.82. The molecule has 0 spiro atoms. The van der Waals surface area contributed by atoms with E-state index in [2.05, 4.69) is 11.9 Å². The van der Waals surface area contributed by atoms with Crippen molar-refractivity contribution < 1.29 is 14.7 Å². The lowest BCUT2D eigenvalue weighted by Crippen LogP contribution is -2.25. The van der Waals surface area contributed by atoms with Crippen molar-refractivity contribution >= 4 is 11.9 Å². The topological polar surface area (TPSA) is 66.4 Å². The Bertz CT molecular complexity index is 477. The normalized spacial score (nSPS) is 11.7. The summed E-state index contributed by atoms with van der Waals surface area (Å²) in [4.78, 5) is 22.4. The molecule has 0 aliphatic heterocycles. The molecule has 0 saturated heterocycles. The van der Waals surface area contributed by atoms with Gasteiger partial charge in [-0.1, -0.05) is 43.3 Å². The Labute approximate surface area is 113 Å². The number of rotatable bonds is 6. The molecule has 4 nitrogen and oxygen atoms in total. The molecule has 0 aliphatic carbocycles. The van der Waals surface area contributed by atoms with Gasteiger partial charge in [0.15, 0.2) is 0 Å². The largest absolute Gasteiger partial charge is 0.481 e. The average Bonchev–Trinajstić information content (AvgIpc) is 2.37. The van der Waals surface area contributed by atoms with Crippen molar-refractivity contribution in [2.24, 2.45) is 5.92 Å². The highest BCUT2D eigenvalue weighted by atomic mass is 16.4. The molecule has 0 heterocycles. The van der Waals surface area contributed by atoms with Gasteiger partial charge in [0, 0.05) is 12.1 Å². The Morgan fingerprint density at radius 2 is 1.89 bits per heavy atom. The van der Waals surface area contributed by atoms with Crippen molar-refractivity contribution in [2.45, 2.75) is 26.8 Å². The molecule has 0 radical (unpaired) electrons. The Morgan fingerprint density at radius 1 is 1.32 bits per heavy atom. The minimum absolute atomic E-state index is 0.162. The molecule has 102 valence electrons. The minimum Gasteiger partial charge on any atom is -0.481 e. The third-order valence-corrected chi connectivity index (χ3v) is 2.87. The predicted octanol–water partition coefficient (Wildman–Crippen LogP) is 2.28. The second-order valence-corrected chi connectivity index (χ2v) is 4.72. The third-order valence-electron chi connectivity index (χ3n) is 2.87. The van der Waals surface area contributed by atoms with Crippen molar-refractivity contribution in [3.8, 4) is 0 Å². The quantitative estimate of drug-likeness (QED) is 0.772. The molecule has 4 heteroatoms. The van der Waals surface area contributed by atoms with Gasteiger partial charge >= 0.3 is 5.97 Å². The molecule has 0 aliphatic rings. The summed E-state index contributed by atoms with van der Waals surface area (Å²) in [6.07, 6.45) is 0.162. The van der Waals surface area contributed by atoms with Crippen LogP contribution in [0, 0.1) is 12.8 Å². The average molecular weight is 261 g/mol. The number of aryl methyl sites for hydroxylation is 1. The molecule has 0 aromatic heterocycles. The van der Waals surface area contributed by atoms with E-state index in [-0.39, 0.29) is 12.3 Å².